The van der Waals surface area contributed by atoms with E-state index in [2.05, 4.69) is 5.32 Å². The number of nitrogens with one attached hydrogen (secondary N) is 1. The van der Waals surface area contributed by atoms with E-state index in [1.54, 1.807) is 30.5 Å². The molecular weight excluding hydrogens is 368 g/mol. The van der Waals surface area contributed by atoms with E-state index >= 15 is 0 Å². The number of amides is 2. The summed E-state index contributed by atoms with van der Waals surface area (Å²) in [6.07, 6.45) is 7.18. The molecule has 1 aliphatic carbocycles. The predicted octanol–water partition coefficient (Wildman–Crippen LogP) is 4.32. The summed E-state index contributed by atoms with van der Waals surface area (Å²) in [4.78, 5) is 28.2. The van der Waals surface area contributed by atoms with Gasteiger partial charge in [0.15, 0.2) is 5.76 Å². The quantitative estimate of drug-likeness (QED) is 0.650. The van der Waals surface area contributed by atoms with E-state index in [9.17, 15) is 9.59 Å². The topological polar surface area (TPSA) is 75.7 Å². The smallest absolute Gasteiger partial charge is 0.290 e. The van der Waals surface area contributed by atoms with Crippen molar-refractivity contribution in [2.75, 3.05) is 0 Å². The fraction of sp³-hybridized carbons (Fsp3) is 0.304. The summed E-state index contributed by atoms with van der Waals surface area (Å²) in [5, 5.41) is 3.14. The summed E-state index contributed by atoms with van der Waals surface area (Å²) in [6.45, 7) is 0.157. The van der Waals surface area contributed by atoms with Crippen LogP contribution in [0.1, 0.15) is 53.6 Å². The Kier molecular flexibility index (Phi) is 5.79. The molecule has 0 aliphatic heterocycles. The van der Waals surface area contributed by atoms with E-state index in [-0.39, 0.29) is 30.2 Å². The van der Waals surface area contributed by atoms with E-state index in [4.69, 9.17) is 8.83 Å². The summed E-state index contributed by atoms with van der Waals surface area (Å²) in [5.41, 5.74) is 0.745. The second-order valence-electron chi connectivity index (χ2n) is 7.29. The third-order valence-electron chi connectivity index (χ3n) is 5.28. The normalized spacial score (nSPS) is 15.2. The summed E-state index contributed by atoms with van der Waals surface area (Å²) in [7, 11) is 0. The van der Waals surface area contributed by atoms with Crippen LogP contribution in [0.4, 0.5) is 0 Å². The molecule has 0 bridgehead atoms. The van der Waals surface area contributed by atoms with Crippen molar-refractivity contribution in [3.05, 3.63) is 84.2 Å². The van der Waals surface area contributed by atoms with E-state index in [1.807, 2.05) is 30.3 Å². The van der Waals surface area contributed by atoms with Crippen molar-refractivity contribution in [3.8, 4) is 0 Å². The molecule has 0 saturated heterocycles. The summed E-state index contributed by atoms with van der Waals surface area (Å²) >= 11 is 0. The Labute approximate surface area is 169 Å². The molecular formula is C23H24N2O4. The maximum atomic E-state index is 13.4. The van der Waals surface area contributed by atoms with Gasteiger partial charge in [0.2, 0.25) is 5.91 Å². The fourth-order valence-electron chi connectivity index (χ4n) is 3.85. The lowest BCUT2D eigenvalue weighted by Gasteiger charge is -2.31. The van der Waals surface area contributed by atoms with Crippen molar-refractivity contribution in [3.63, 3.8) is 0 Å². The van der Waals surface area contributed by atoms with Gasteiger partial charge in [-0.1, -0.05) is 43.2 Å². The SMILES string of the molecule is O=C(NC1CCCC1)C(c1ccccc1)N(Cc1ccco1)C(=O)c1ccco1. The number of hydrogen-bond acceptors (Lipinski definition) is 4. The lowest BCUT2D eigenvalue weighted by atomic mass is 10.0. The molecule has 1 fully saturated rings. The Morgan fingerprint density at radius 2 is 1.69 bits per heavy atom. The summed E-state index contributed by atoms with van der Waals surface area (Å²) < 4.78 is 10.8. The zero-order chi connectivity index (χ0) is 20.1. The van der Waals surface area contributed by atoms with Crippen LogP contribution in [-0.2, 0) is 11.3 Å². The molecule has 1 N–H and O–H groups in total. The zero-order valence-corrected chi connectivity index (χ0v) is 16.1. The first-order valence-electron chi connectivity index (χ1n) is 9.94. The van der Waals surface area contributed by atoms with Gasteiger partial charge < -0.3 is 19.1 Å². The van der Waals surface area contributed by atoms with Gasteiger partial charge in [0, 0.05) is 6.04 Å². The van der Waals surface area contributed by atoms with Gasteiger partial charge in [-0.25, -0.2) is 0 Å². The highest BCUT2D eigenvalue weighted by Crippen LogP contribution is 2.27. The molecule has 6 heteroatoms. The monoisotopic (exact) mass is 392 g/mol. The lowest BCUT2D eigenvalue weighted by molar-refractivity contribution is -0.126. The molecule has 6 nitrogen and oxygen atoms in total. The largest absolute Gasteiger partial charge is 0.467 e. The Balaban J connectivity index is 1.70. The summed E-state index contributed by atoms with van der Waals surface area (Å²) in [5.74, 6) is 0.238. The van der Waals surface area contributed by atoms with E-state index < -0.39 is 6.04 Å². The molecule has 3 aromatic rings. The first-order valence-corrected chi connectivity index (χ1v) is 9.94. The van der Waals surface area contributed by atoms with Gasteiger partial charge in [-0.05, 0) is 42.7 Å². The van der Waals surface area contributed by atoms with Gasteiger partial charge in [0.25, 0.3) is 5.91 Å². The third-order valence-corrected chi connectivity index (χ3v) is 5.28. The minimum absolute atomic E-state index is 0.151. The first kappa shape index (κ1) is 19.1. The van der Waals surface area contributed by atoms with Crippen molar-refractivity contribution >= 4 is 11.8 Å². The molecule has 29 heavy (non-hydrogen) atoms. The van der Waals surface area contributed by atoms with Crippen molar-refractivity contribution in [1.82, 2.24) is 10.2 Å². The van der Waals surface area contributed by atoms with Crippen LogP contribution >= 0.6 is 0 Å². The molecule has 0 spiro atoms. The van der Waals surface area contributed by atoms with Crippen molar-refractivity contribution < 1.29 is 18.4 Å². The number of carbonyl (C=O) groups excluding carboxylic acids is 2. The van der Waals surface area contributed by atoms with Crippen molar-refractivity contribution in [2.24, 2.45) is 0 Å². The molecule has 0 radical (unpaired) electrons. The minimum atomic E-state index is -0.792. The van der Waals surface area contributed by atoms with Crippen LogP contribution in [0, 0.1) is 0 Å². The molecule has 2 amide bonds. The average Bonchev–Trinajstić information content (AvgIpc) is 3.51. The second-order valence-corrected chi connectivity index (χ2v) is 7.29. The van der Waals surface area contributed by atoms with Crippen LogP contribution in [0.15, 0.2) is 76.0 Å². The van der Waals surface area contributed by atoms with Crippen LogP contribution in [-0.4, -0.2) is 22.8 Å². The standard InChI is InChI=1S/C23H24N2O4/c26-22(24-18-10-4-5-11-18)21(17-8-2-1-3-9-17)25(16-19-12-6-14-28-19)23(27)20-13-7-15-29-20/h1-3,6-9,12-15,18,21H,4-5,10-11,16H2,(H,24,26). The summed E-state index contributed by atoms with van der Waals surface area (Å²) in [6, 6.07) is 15.5. The predicted molar refractivity (Wildman–Crippen MR) is 107 cm³/mol. The molecule has 1 aliphatic rings. The number of furan rings is 2. The van der Waals surface area contributed by atoms with Crippen LogP contribution < -0.4 is 5.32 Å². The van der Waals surface area contributed by atoms with Crippen molar-refractivity contribution in [1.29, 1.82) is 0 Å². The first-order chi connectivity index (χ1) is 14.2. The number of benzene rings is 1. The maximum absolute atomic E-state index is 13.4. The molecule has 150 valence electrons. The van der Waals surface area contributed by atoms with E-state index in [0.29, 0.717) is 5.76 Å². The number of rotatable bonds is 7. The zero-order valence-electron chi connectivity index (χ0n) is 16.1. The molecule has 1 atom stereocenters. The molecule has 1 unspecified atom stereocenters. The highest BCUT2D eigenvalue weighted by atomic mass is 16.3. The minimum Gasteiger partial charge on any atom is -0.467 e. The van der Waals surface area contributed by atoms with Gasteiger partial charge in [-0.3, -0.25) is 9.59 Å². The number of nitrogens with zero attached hydrogens (tertiary/aromatic N) is 1. The van der Waals surface area contributed by atoms with Gasteiger partial charge in [-0.2, -0.15) is 0 Å². The van der Waals surface area contributed by atoms with Gasteiger partial charge >= 0.3 is 0 Å². The molecule has 1 saturated carbocycles. The van der Waals surface area contributed by atoms with E-state index in [1.165, 1.54) is 11.2 Å². The highest BCUT2D eigenvalue weighted by Gasteiger charge is 2.35. The average molecular weight is 392 g/mol. The molecule has 4 rings (SSSR count). The van der Waals surface area contributed by atoms with Crippen LogP contribution in [0.25, 0.3) is 0 Å². The Hall–Kier alpha value is -3.28. The van der Waals surface area contributed by atoms with Crippen LogP contribution in [0.5, 0.6) is 0 Å². The number of hydrogen-bond donors (Lipinski definition) is 1. The molecule has 1 aromatic carbocycles. The Bertz CT molecular complexity index is 913. The lowest BCUT2D eigenvalue weighted by Crippen LogP contribution is -2.45. The van der Waals surface area contributed by atoms with Crippen LogP contribution in [0.2, 0.25) is 0 Å². The number of carbonyl (C=O) groups is 2. The fourth-order valence-corrected chi connectivity index (χ4v) is 3.85. The van der Waals surface area contributed by atoms with Crippen molar-refractivity contribution in [2.45, 2.75) is 44.3 Å². The molecule has 2 aromatic heterocycles. The molecule has 2 heterocycles. The third kappa shape index (κ3) is 4.42. The maximum Gasteiger partial charge on any atom is 0.290 e. The Morgan fingerprint density at radius 3 is 2.34 bits per heavy atom. The van der Waals surface area contributed by atoms with Gasteiger partial charge in [0.1, 0.15) is 11.8 Å². The highest BCUT2D eigenvalue weighted by molar-refractivity contribution is 5.96. The van der Waals surface area contributed by atoms with Crippen LogP contribution in [0.3, 0.4) is 0 Å². The van der Waals surface area contributed by atoms with E-state index in [0.717, 1.165) is 31.2 Å². The Morgan fingerprint density at radius 1 is 0.966 bits per heavy atom. The van der Waals surface area contributed by atoms with Gasteiger partial charge in [-0.15, -0.1) is 0 Å². The van der Waals surface area contributed by atoms with Gasteiger partial charge in [0.05, 0.1) is 19.1 Å². The second kappa shape index (κ2) is 8.82.